The zero-order valence-corrected chi connectivity index (χ0v) is 15.7. The van der Waals surface area contributed by atoms with E-state index in [-0.39, 0.29) is 23.4 Å². The van der Waals surface area contributed by atoms with E-state index in [0.29, 0.717) is 30.3 Å². The lowest BCUT2D eigenvalue weighted by atomic mass is 10.0. The fourth-order valence-electron chi connectivity index (χ4n) is 3.22. The molecule has 1 amide bonds. The molecule has 1 aromatic heterocycles. The molecule has 1 aromatic carbocycles. The summed E-state index contributed by atoms with van der Waals surface area (Å²) in [5.41, 5.74) is 1.52. The smallest absolute Gasteiger partial charge is 0.271 e. The van der Waals surface area contributed by atoms with Crippen LogP contribution in [0.3, 0.4) is 0 Å². The molecule has 2 heterocycles. The minimum Gasteiger partial charge on any atom is -0.493 e. The first-order valence-electron chi connectivity index (χ1n) is 8.86. The molecule has 1 saturated heterocycles. The van der Waals surface area contributed by atoms with Crippen molar-refractivity contribution in [1.82, 2.24) is 15.1 Å². The van der Waals surface area contributed by atoms with Crippen molar-refractivity contribution in [3.63, 3.8) is 0 Å². The van der Waals surface area contributed by atoms with Gasteiger partial charge in [-0.3, -0.25) is 14.7 Å². The SMILES string of the molecule is COc1ccc(NC2CCCN(C(=O)c3cc(C(C)=O)n[nH]3)C2)cc1OC. The van der Waals surface area contributed by atoms with Gasteiger partial charge in [-0.2, -0.15) is 5.10 Å². The molecule has 3 rings (SSSR count). The summed E-state index contributed by atoms with van der Waals surface area (Å²) < 4.78 is 10.6. The molecular formula is C19H24N4O4. The minimum absolute atomic E-state index is 0.121. The van der Waals surface area contributed by atoms with E-state index in [9.17, 15) is 9.59 Å². The van der Waals surface area contributed by atoms with Gasteiger partial charge in [0.2, 0.25) is 0 Å². The first kappa shape index (κ1) is 18.8. The Morgan fingerprint density at radius 1 is 1.22 bits per heavy atom. The lowest BCUT2D eigenvalue weighted by Crippen LogP contribution is -2.45. The van der Waals surface area contributed by atoms with Crippen LogP contribution in [0, 0.1) is 0 Å². The number of benzene rings is 1. The predicted molar refractivity (Wildman–Crippen MR) is 101 cm³/mol. The number of likely N-dealkylation sites (tertiary alicyclic amines) is 1. The first-order valence-corrected chi connectivity index (χ1v) is 8.86. The fraction of sp³-hybridized carbons (Fsp3) is 0.421. The van der Waals surface area contributed by atoms with Crippen LogP contribution in [-0.2, 0) is 0 Å². The monoisotopic (exact) mass is 372 g/mol. The van der Waals surface area contributed by atoms with Crippen LogP contribution in [0.5, 0.6) is 11.5 Å². The van der Waals surface area contributed by atoms with Gasteiger partial charge in [0.1, 0.15) is 11.4 Å². The highest BCUT2D eigenvalue weighted by Crippen LogP contribution is 2.30. The van der Waals surface area contributed by atoms with E-state index in [1.165, 1.54) is 13.0 Å². The molecule has 8 heteroatoms. The number of aromatic amines is 1. The normalized spacial score (nSPS) is 16.7. The quantitative estimate of drug-likeness (QED) is 0.756. The summed E-state index contributed by atoms with van der Waals surface area (Å²) in [7, 11) is 3.20. The number of aromatic nitrogens is 2. The molecule has 1 unspecified atom stereocenters. The van der Waals surface area contributed by atoms with Crippen LogP contribution in [0.15, 0.2) is 24.3 Å². The summed E-state index contributed by atoms with van der Waals surface area (Å²) >= 11 is 0. The molecular weight excluding hydrogens is 348 g/mol. The molecule has 0 radical (unpaired) electrons. The van der Waals surface area contributed by atoms with Crippen molar-refractivity contribution in [3.05, 3.63) is 35.7 Å². The summed E-state index contributed by atoms with van der Waals surface area (Å²) in [6.07, 6.45) is 1.85. The second kappa shape index (κ2) is 8.11. The summed E-state index contributed by atoms with van der Waals surface area (Å²) in [5, 5.41) is 10.0. The second-order valence-corrected chi connectivity index (χ2v) is 6.53. The number of Topliss-reactive ketones (excluding diaryl/α,β-unsaturated/α-hetero) is 1. The number of rotatable bonds is 6. The van der Waals surface area contributed by atoms with Gasteiger partial charge >= 0.3 is 0 Å². The first-order chi connectivity index (χ1) is 13.0. The number of piperidine rings is 1. The van der Waals surface area contributed by atoms with Gasteiger partial charge in [-0.05, 0) is 31.0 Å². The summed E-state index contributed by atoms with van der Waals surface area (Å²) in [5.74, 6) is 1.01. The Hall–Kier alpha value is -3.03. The number of hydrogen-bond donors (Lipinski definition) is 2. The van der Waals surface area contributed by atoms with Gasteiger partial charge in [0.05, 0.1) is 14.2 Å². The van der Waals surface area contributed by atoms with E-state index < -0.39 is 0 Å². The molecule has 1 atom stereocenters. The number of hydrogen-bond acceptors (Lipinski definition) is 6. The number of nitrogens with zero attached hydrogens (tertiary/aromatic N) is 2. The van der Waals surface area contributed by atoms with Crippen molar-refractivity contribution in [1.29, 1.82) is 0 Å². The number of amides is 1. The van der Waals surface area contributed by atoms with E-state index in [4.69, 9.17) is 9.47 Å². The Morgan fingerprint density at radius 3 is 2.67 bits per heavy atom. The molecule has 0 saturated carbocycles. The Balaban J connectivity index is 1.67. The highest BCUT2D eigenvalue weighted by Gasteiger charge is 2.26. The van der Waals surface area contributed by atoms with Crippen LogP contribution < -0.4 is 14.8 Å². The van der Waals surface area contributed by atoms with E-state index in [1.807, 2.05) is 18.2 Å². The highest BCUT2D eigenvalue weighted by atomic mass is 16.5. The molecule has 2 N–H and O–H groups in total. The van der Waals surface area contributed by atoms with Crippen LogP contribution in [0.2, 0.25) is 0 Å². The van der Waals surface area contributed by atoms with Gasteiger partial charge in [-0.1, -0.05) is 0 Å². The van der Waals surface area contributed by atoms with Crippen LogP contribution in [0.25, 0.3) is 0 Å². The van der Waals surface area contributed by atoms with Crippen molar-refractivity contribution in [2.24, 2.45) is 0 Å². The van der Waals surface area contributed by atoms with Crippen molar-refractivity contribution in [2.75, 3.05) is 32.6 Å². The summed E-state index contributed by atoms with van der Waals surface area (Å²) in [6.45, 7) is 2.67. The van der Waals surface area contributed by atoms with E-state index in [2.05, 4.69) is 15.5 Å². The van der Waals surface area contributed by atoms with Crippen molar-refractivity contribution >= 4 is 17.4 Å². The Morgan fingerprint density at radius 2 is 2.00 bits per heavy atom. The molecule has 0 aliphatic carbocycles. The average molecular weight is 372 g/mol. The zero-order valence-electron chi connectivity index (χ0n) is 15.7. The van der Waals surface area contributed by atoms with Crippen LogP contribution >= 0.6 is 0 Å². The van der Waals surface area contributed by atoms with Crippen molar-refractivity contribution in [3.8, 4) is 11.5 Å². The van der Waals surface area contributed by atoms with Crippen molar-refractivity contribution in [2.45, 2.75) is 25.8 Å². The molecule has 0 bridgehead atoms. The Bertz CT molecular complexity index is 833. The predicted octanol–water partition coefficient (Wildman–Crippen LogP) is 2.35. The number of methoxy groups -OCH3 is 2. The number of ketones is 1. The third-order valence-electron chi connectivity index (χ3n) is 4.63. The standard InChI is InChI=1S/C19H24N4O4/c1-12(24)15-10-16(22-21-15)19(25)23-8-4-5-14(11-23)20-13-6-7-17(26-2)18(9-13)27-3/h6-7,9-10,14,20H,4-5,8,11H2,1-3H3,(H,21,22). The summed E-state index contributed by atoms with van der Waals surface area (Å²) in [6, 6.07) is 7.29. The molecule has 144 valence electrons. The molecule has 1 aliphatic heterocycles. The second-order valence-electron chi connectivity index (χ2n) is 6.53. The maximum absolute atomic E-state index is 12.7. The lowest BCUT2D eigenvalue weighted by Gasteiger charge is -2.33. The van der Waals surface area contributed by atoms with Gasteiger partial charge in [0.15, 0.2) is 17.3 Å². The molecule has 1 aliphatic rings. The fourth-order valence-corrected chi connectivity index (χ4v) is 3.22. The molecule has 2 aromatic rings. The molecule has 1 fully saturated rings. The number of ether oxygens (including phenoxy) is 2. The number of H-pyrrole nitrogens is 1. The zero-order chi connectivity index (χ0) is 19.4. The maximum Gasteiger partial charge on any atom is 0.271 e. The largest absolute Gasteiger partial charge is 0.493 e. The number of anilines is 1. The van der Waals surface area contributed by atoms with E-state index in [1.54, 1.807) is 19.1 Å². The van der Waals surface area contributed by atoms with Gasteiger partial charge in [0.25, 0.3) is 5.91 Å². The lowest BCUT2D eigenvalue weighted by molar-refractivity contribution is 0.0708. The van der Waals surface area contributed by atoms with Crippen molar-refractivity contribution < 1.29 is 19.1 Å². The minimum atomic E-state index is -0.169. The number of nitrogens with one attached hydrogen (secondary N) is 2. The van der Waals surface area contributed by atoms with E-state index >= 15 is 0 Å². The van der Waals surface area contributed by atoms with Crippen LogP contribution in [0.1, 0.15) is 40.7 Å². The van der Waals surface area contributed by atoms with Gasteiger partial charge in [-0.15, -0.1) is 0 Å². The van der Waals surface area contributed by atoms with Gasteiger partial charge in [-0.25, -0.2) is 0 Å². The number of carbonyl (C=O) groups is 2. The Kier molecular flexibility index (Phi) is 5.63. The molecule has 27 heavy (non-hydrogen) atoms. The highest BCUT2D eigenvalue weighted by molar-refractivity contribution is 5.97. The van der Waals surface area contributed by atoms with Crippen LogP contribution in [-0.4, -0.2) is 60.1 Å². The van der Waals surface area contributed by atoms with E-state index in [0.717, 1.165) is 18.5 Å². The third kappa shape index (κ3) is 4.21. The Labute approximate surface area is 157 Å². The summed E-state index contributed by atoms with van der Waals surface area (Å²) in [4.78, 5) is 25.8. The third-order valence-corrected chi connectivity index (χ3v) is 4.63. The molecule has 0 spiro atoms. The topological polar surface area (TPSA) is 96.5 Å². The van der Waals surface area contributed by atoms with Gasteiger partial charge in [0, 0.05) is 37.8 Å². The maximum atomic E-state index is 12.7. The average Bonchev–Trinajstić information content (AvgIpc) is 3.18. The number of carbonyl (C=O) groups excluding carboxylic acids is 2. The molecule has 8 nitrogen and oxygen atoms in total. The van der Waals surface area contributed by atoms with Gasteiger partial charge < -0.3 is 19.7 Å². The van der Waals surface area contributed by atoms with Crippen LogP contribution in [0.4, 0.5) is 5.69 Å².